The molecular formula is C22H20FN5O. The monoisotopic (exact) mass is 389 g/mol. The summed E-state index contributed by atoms with van der Waals surface area (Å²) in [6.45, 7) is 5.71. The van der Waals surface area contributed by atoms with Gasteiger partial charge in [-0.2, -0.15) is 5.10 Å². The van der Waals surface area contributed by atoms with Crippen LogP contribution >= 0.6 is 0 Å². The lowest BCUT2D eigenvalue weighted by molar-refractivity contribution is 0.102. The Labute approximate surface area is 167 Å². The average Bonchev–Trinajstić information content (AvgIpc) is 3.26. The number of aryl methyl sites for hydroxylation is 3. The number of nitrogens with one attached hydrogen (secondary N) is 1. The van der Waals surface area contributed by atoms with Crippen molar-refractivity contribution >= 4 is 11.6 Å². The van der Waals surface area contributed by atoms with Gasteiger partial charge in [-0.1, -0.05) is 0 Å². The minimum atomic E-state index is -0.441. The van der Waals surface area contributed by atoms with E-state index in [4.69, 9.17) is 0 Å². The molecule has 2 aromatic heterocycles. The SMILES string of the molecule is Cc1cc(C)n(-c2ccc(C(=O)Nc3ccc(-n4ccnc4C)c(F)c3)cc2)n1. The van der Waals surface area contributed by atoms with E-state index in [1.807, 2.05) is 36.7 Å². The summed E-state index contributed by atoms with van der Waals surface area (Å²) in [5, 5.41) is 7.17. The number of anilines is 1. The molecule has 146 valence electrons. The van der Waals surface area contributed by atoms with Crippen LogP contribution in [0.15, 0.2) is 60.9 Å². The van der Waals surface area contributed by atoms with Crippen molar-refractivity contribution in [3.05, 3.63) is 89.5 Å². The van der Waals surface area contributed by atoms with Crippen molar-refractivity contribution in [2.75, 3.05) is 5.32 Å². The van der Waals surface area contributed by atoms with Gasteiger partial charge in [0.25, 0.3) is 5.91 Å². The van der Waals surface area contributed by atoms with Crippen molar-refractivity contribution in [1.29, 1.82) is 0 Å². The molecule has 2 aromatic carbocycles. The third kappa shape index (κ3) is 3.67. The van der Waals surface area contributed by atoms with Gasteiger partial charge in [-0.3, -0.25) is 4.79 Å². The molecule has 1 amide bonds. The van der Waals surface area contributed by atoms with E-state index in [0.717, 1.165) is 17.1 Å². The molecule has 0 aliphatic heterocycles. The van der Waals surface area contributed by atoms with Crippen LogP contribution in [0.25, 0.3) is 11.4 Å². The summed E-state index contributed by atoms with van der Waals surface area (Å²) in [5.74, 6) is -0.0666. The fraction of sp³-hybridized carbons (Fsp3) is 0.136. The molecule has 0 fully saturated rings. The zero-order valence-corrected chi connectivity index (χ0v) is 16.3. The quantitative estimate of drug-likeness (QED) is 0.564. The summed E-state index contributed by atoms with van der Waals surface area (Å²) in [4.78, 5) is 16.6. The summed E-state index contributed by atoms with van der Waals surface area (Å²) in [5.41, 5.74) is 4.07. The number of amides is 1. The van der Waals surface area contributed by atoms with Crippen LogP contribution < -0.4 is 5.32 Å². The number of benzene rings is 2. The average molecular weight is 389 g/mol. The lowest BCUT2D eigenvalue weighted by Gasteiger charge is -2.10. The van der Waals surface area contributed by atoms with Crippen molar-refractivity contribution in [3.8, 4) is 11.4 Å². The first-order valence-electron chi connectivity index (χ1n) is 9.17. The molecule has 7 heteroatoms. The van der Waals surface area contributed by atoms with Gasteiger partial charge in [0.2, 0.25) is 0 Å². The molecule has 6 nitrogen and oxygen atoms in total. The Hall–Kier alpha value is -3.74. The molecule has 0 atom stereocenters. The first kappa shape index (κ1) is 18.6. The van der Waals surface area contributed by atoms with E-state index in [9.17, 15) is 9.18 Å². The molecule has 2 heterocycles. The summed E-state index contributed by atoms with van der Waals surface area (Å²) in [7, 11) is 0. The highest BCUT2D eigenvalue weighted by atomic mass is 19.1. The minimum Gasteiger partial charge on any atom is -0.322 e. The smallest absolute Gasteiger partial charge is 0.255 e. The lowest BCUT2D eigenvalue weighted by Crippen LogP contribution is -2.12. The zero-order chi connectivity index (χ0) is 20.5. The fourth-order valence-electron chi connectivity index (χ4n) is 3.26. The molecule has 0 unspecified atom stereocenters. The molecule has 0 saturated carbocycles. The third-order valence-corrected chi connectivity index (χ3v) is 4.67. The van der Waals surface area contributed by atoms with E-state index in [2.05, 4.69) is 15.4 Å². The van der Waals surface area contributed by atoms with Crippen LogP contribution in [0.4, 0.5) is 10.1 Å². The highest BCUT2D eigenvalue weighted by Crippen LogP contribution is 2.20. The van der Waals surface area contributed by atoms with Crippen molar-refractivity contribution in [1.82, 2.24) is 19.3 Å². The predicted molar refractivity (Wildman–Crippen MR) is 109 cm³/mol. The number of hydrogen-bond donors (Lipinski definition) is 1. The van der Waals surface area contributed by atoms with E-state index >= 15 is 0 Å². The summed E-state index contributed by atoms with van der Waals surface area (Å²) >= 11 is 0. The fourth-order valence-corrected chi connectivity index (χ4v) is 3.26. The van der Waals surface area contributed by atoms with Gasteiger partial charge in [-0.25, -0.2) is 14.1 Å². The van der Waals surface area contributed by atoms with Gasteiger partial charge in [0, 0.05) is 29.3 Å². The van der Waals surface area contributed by atoms with Gasteiger partial charge >= 0.3 is 0 Å². The van der Waals surface area contributed by atoms with Crippen LogP contribution in [-0.2, 0) is 0 Å². The van der Waals surface area contributed by atoms with Crippen molar-refractivity contribution in [2.24, 2.45) is 0 Å². The second-order valence-electron chi connectivity index (χ2n) is 6.85. The van der Waals surface area contributed by atoms with E-state index in [1.54, 1.807) is 48.1 Å². The van der Waals surface area contributed by atoms with E-state index < -0.39 is 5.82 Å². The number of hydrogen-bond acceptors (Lipinski definition) is 3. The van der Waals surface area contributed by atoms with E-state index in [-0.39, 0.29) is 5.91 Å². The molecule has 0 saturated heterocycles. The number of rotatable bonds is 4. The maximum absolute atomic E-state index is 14.5. The molecule has 4 aromatic rings. The Morgan fingerprint density at radius 2 is 1.79 bits per heavy atom. The van der Waals surface area contributed by atoms with Gasteiger partial charge in [0.05, 0.1) is 17.1 Å². The molecule has 0 radical (unpaired) electrons. The Morgan fingerprint density at radius 1 is 1.03 bits per heavy atom. The predicted octanol–water partition coefficient (Wildman–Crippen LogP) is 4.37. The Bertz CT molecular complexity index is 1190. The molecule has 0 spiro atoms. The molecule has 4 rings (SSSR count). The third-order valence-electron chi connectivity index (χ3n) is 4.67. The molecule has 0 bridgehead atoms. The topological polar surface area (TPSA) is 64.7 Å². The number of carbonyl (C=O) groups excluding carboxylic acids is 1. The van der Waals surface area contributed by atoms with E-state index in [0.29, 0.717) is 22.8 Å². The van der Waals surface area contributed by atoms with Crippen LogP contribution in [0, 0.1) is 26.6 Å². The molecule has 29 heavy (non-hydrogen) atoms. The summed E-state index contributed by atoms with van der Waals surface area (Å²) in [6.07, 6.45) is 3.30. The first-order chi connectivity index (χ1) is 13.9. The van der Waals surface area contributed by atoms with Crippen LogP contribution in [0.2, 0.25) is 0 Å². The van der Waals surface area contributed by atoms with Crippen LogP contribution in [0.5, 0.6) is 0 Å². The van der Waals surface area contributed by atoms with Gasteiger partial charge in [0.1, 0.15) is 11.6 Å². The van der Waals surface area contributed by atoms with Crippen molar-refractivity contribution < 1.29 is 9.18 Å². The Balaban J connectivity index is 1.51. The number of aromatic nitrogens is 4. The maximum atomic E-state index is 14.5. The first-order valence-corrected chi connectivity index (χ1v) is 9.17. The van der Waals surface area contributed by atoms with Gasteiger partial charge in [-0.15, -0.1) is 0 Å². The standard InChI is InChI=1S/C22H20FN5O/c1-14-12-15(2)28(26-14)19-7-4-17(5-8-19)22(29)25-18-6-9-21(20(23)13-18)27-11-10-24-16(27)3/h4-13H,1-3H3,(H,25,29). The normalized spacial score (nSPS) is 10.9. The molecule has 1 N–H and O–H groups in total. The van der Waals surface area contributed by atoms with Crippen LogP contribution in [0.1, 0.15) is 27.6 Å². The number of carbonyl (C=O) groups is 1. The maximum Gasteiger partial charge on any atom is 0.255 e. The highest BCUT2D eigenvalue weighted by molar-refractivity contribution is 6.04. The van der Waals surface area contributed by atoms with E-state index in [1.165, 1.54) is 6.07 Å². The van der Waals surface area contributed by atoms with Gasteiger partial charge < -0.3 is 9.88 Å². The summed E-state index contributed by atoms with van der Waals surface area (Å²) in [6, 6.07) is 13.7. The minimum absolute atomic E-state index is 0.309. The molecular weight excluding hydrogens is 369 g/mol. The number of imidazole rings is 1. The Morgan fingerprint density at radius 3 is 2.38 bits per heavy atom. The second kappa shape index (κ2) is 7.35. The molecule has 0 aliphatic carbocycles. The number of nitrogens with zero attached hydrogens (tertiary/aromatic N) is 4. The second-order valence-corrected chi connectivity index (χ2v) is 6.85. The summed E-state index contributed by atoms with van der Waals surface area (Å²) < 4.78 is 18.0. The lowest BCUT2D eigenvalue weighted by atomic mass is 10.2. The highest BCUT2D eigenvalue weighted by Gasteiger charge is 2.11. The van der Waals surface area contributed by atoms with Crippen molar-refractivity contribution in [3.63, 3.8) is 0 Å². The van der Waals surface area contributed by atoms with Crippen LogP contribution in [0.3, 0.4) is 0 Å². The number of halogens is 1. The Kier molecular flexibility index (Phi) is 4.72. The van der Waals surface area contributed by atoms with Gasteiger partial charge in [0.15, 0.2) is 0 Å². The van der Waals surface area contributed by atoms with Crippen molar-refractivity contribution in [2.45, 2.75) is 20.8 Å². The molecule has 0 aliphatic rings. The zero-order valence-electron chi connectivity index (χ0n) is 16.3. The van der Waals surface area contributed by atoms with Crippen LogP contribution in [-0.4, -0.2) is 25.2 Å². The van der Waals surface area contributed by atoms with Gasteiger partial charge in [-0.05, 0) is 69.3 Å². The largest absolute Gasteiger partial charge is 0.322 e.